The molecule has 0 fully saturated rings. The predicted octanol–water partition coefficient (Wildman–Crippen LogP) is 2.70. The average Bonchev–Trinajstić information content (AvgIpc) is 1.59. The van der Waals surface area contributed by atoms with Crippen LogP contribution in [-0.4, -0.2) is 13.6 Å². The van der Waals surface area contributed by atoms with Crippen molar-refractivity contribution in [2.75, 3.05) is 13.6 Å². The molecule has 0 heterocycles. The first-order chi connectivity index (χ1) is 4.48. The molecule has 0 rings (SSSR count). The first-order valence-corrected chi connectivity index (χ1v) is 4.12. The molecule has 0 aliphatic heterocycles. The van der Waals surface area contributed by atoms with E-state index >= 15 is 0 Å². The minimum atomic E-state index is 0. The lowest BCUT2D eigenvalue weighted by Crippen LogP contribution is -2.27. The summed E-state index contributed by atoms with van der Waals surface area (Å²) in [6, 6.07) is 0. The molecule has 0 spiro atoms. The second-order valence-electron chi connectivity index (χ2n) is 4.29. The van der Waals surface area contributed by atoms with E-state index in [4.69, 9.17) is 0 Å². The van der Waals surface area contributed by atoms with Crippen molar-refractivity contribution in [2.24, 2.45) is 11.3 Å². The van der Waals surface area contributed by atoms with Crippen molar-refractivity contribution in [3.8, 4) is 0 Å². The van der Waals surface area contributed by atoms with Crippen LogP contribution in [0.2, 0.25) is 0 Å². The van der Waals surface area contributed by atoms with E-state index < -0.39 is 0 Å². The highest BCUT2D eigenvalue weighted by Gasteiger charge is 2.17. The lowest BCUT2D eigenvalue weighted by molar-refractivity contribution is 0.280. The van der Waals surface area contributed by atoms with Crippen molar-refractivity contribution in [3.05, 3.63) is 0 Å². The predicted molar refractivity (Wildman–Crippen MR) is 54.4 cm³/mol. The molecular weight excluding hydrogens is 158 g/mol. The second kappa shape index (κ2) is 5.84. The molecule has 0 aliphatic carbocycles. The van der Waals surface area contributed by atoms with E-state index in [1.165, 1.54) is 6.42 Å². The van der Waals surface area contributed by atoms with Crippen molar-refractivity contribution < 1.29 is 0 Å². The summed E-state index contributed by atoms with van der Waals surface area (Å²) in [6.45, 7) is 10.3. The monoisotopic (exact) mass is 179 g/mol. The molecule has 0 aromatic rings. The molecule has 0 amide bonds. The normalized spacial score (nSPS) is 11.5. The maximum atomic E-state index is 3.21. The summed E-state index contributed by atoms with van der Waals surface area (Å²) in [7, 11) is 2.02. The zero-order valence-electron chi connectivity index (χ0n) is 8.40. The van der Waals surface area contributed by atoms with Crippen molar-refractivity contribution in [3.63, 3.8) is 0 Å². The largest absolute Gasteiger partial charge is 0.319 e. The standard InChI is InChI=1S/C9H21N.ClH/c1-8(2)6-9(3,4)7-10-5;/h8,10H,6-7H2,1-5H3;1H. The van der Waals surface area contributed by atoms with E-state index in [0.717, 1.165) is 12.5 Å². The number of nitrogens with one attached hydrogen (secondary N) is 1. The average molecular weight is 180 g/mol. The summed E-state index contributed by atoms with van der Waals surface area (Å²) in [5.74, 6) is 0.809. The highest BCUT2D eigenvalue weighted by Crippen LogP contribution is 2.23. The summed E-state index contributed by atoms with van der Waals surface area (Å²) in [4.78, 5) is 0. The molecule has 0 bridgehead atoms. The fourth-order valence-electron chi connectivity index (χ4n) is 1.66. The smallest absolute Gasteiger partial charge is 0.0000389 e. The van der Waals surface area contributed by atoms with Crippen molar-refractivity contribution in [1.82, 2.24) is 5.32 Å². The lowest BCUT2D eigenvalue weighted by atomic mass is 9.84. The number of rotatable bonds is 4. The van der Waals surface area contributed by atoms with Gasteiger partial charge < -0.3 is 5.32 Å². The van der Waals surface area contributed by atoms with E-state index in [1.807, 2.05) is 7.05 Å². The summed E-state index contributed by atoms with van der Waals surface area (Å²) >= 11 is 0. The Kier molecular flexibility index (Phi) is 7.34. The fraction of sp³-hybridized carbons (Fsp3) is 1.00. The molecular formula is C9H22ClN. The molecule has 0 aromatic heterocycles. The minimum Gasteiger partial charge on any atom is -0.319 e. The van der Waals surface area contributed by atoms with Gasteiger partial charge in [0.05, 0.1) is 0 Å². The minimum absolute atomic E-state index is 0. The van der Waals surface area contributed by atoms with Gasteiger partial charge in [-0.2, -0.15) is 0 Å². The van der Waals surface area contributed by atoms with Gasteiger partial charge in [0.2, 0.25) is 0 Å². The molecule has 0 radical (unpaired) electrons. The third-order valence-electron chi connectivity index (χ3n) is 1.62. The van der Waals surface area contributed by atoms with Crippen LogP contribution < -0.4 is 5.32 Å². The molecule has 11 heavy (non-hydrogen) atoms. The van der Waals surface area contributed by atoms with Crippen molar-refractivity contribution in [1.29, 1.82) is 0 Å². The van der Waals surface area contributed by atoms with Crippen LogP contribution >= 0.6 is 12.4 Å². The summed E-state index contributed by atoms with van der Waals surface area (Å²) in [5, 5.41) is 3.21. The molecule has 1 nitrogen and oxygen atoms in total. The Hall–Kier alpha value is 0.250. The van der Waals surface area contributed by atoms with Crippen LogP contribution in [0, 0.1) is 11.3 Å². The Morgan fingerprint density at radius 1 is 1.27 bits per heavy atom. The molecule has 0 unspecified atom stereocenters. The molecule has 0 atom stereocenters. The Morgan fingerprint density at radius 2 is 1.73 bits per heavy atom. The second-order valence-corrected chi connectivity index (χ2v) is 4.29. The van der Waals surface area contributed by atoms with Crippen LogP contribution in [0.1, 0.15) is 34.1 Å². The van der Waals surface area contributed by atoms with Crippen LogP contribution in [0.5, 0.6) is 0 Å². The summed E-state index contributed by atoms with van der Waals surface area (Å²) in [6.07, 6.45) is 1.30. The van der Waals surface area contributed by atoms with Crippen LogP contribution in [0.15, 0.2) is 0 Å². The third-order valence-corrected chi connectivity index (χ3v) is 1.62. The number of hydrogen-bond donors (Lipinski definition) is 1. The highest BCUT2D eigenvalue weighted by atomic mass is 35.5. The van der Waals surface area contributed by atoms with Gasteiger partial charge in [0.15, 0.2) is 0 Å². The Morgan fingerprint density at radius 3 is 2.00 bits per heavy atom. The molecule has 0 saturated heterocycles. The number of halogens is 1. The third kappa shape index (κ3) is 8.15. The molecule has 70 valence electrons. The Bertz CT molecular complexity index is 89.6. The van der Waals surface area contributed by atoms with E-state index in [2.05, 4.69) is 33.0 Å². The summed E-state index contributed by atoms with van der Waals surface area (Å²) in [5.41, 5.74) is 0.461. The van der Waals surface area contributed by atoms with Gasteiger partial charge >= 0.3 is 0 Å². The van der Waals surface area contributed by atoms with Crippen LogP contribution in [-0.2, 0) is 0 Å². The molecule has 1 N–H and O–H groups in total. The van der Waals surface area contributed by atoms with Gasteiger partial charge in [-0.3, -0.25) is 0 Å². The van der Waals surface area contributed by atoms with Crippen molar-refractivity contribution >= 4 is 12.4 Å². The van der Waals surface area contributed by atoms with Gasteiger partial charge in [0.25, 0.3) is 0 Å². The highest BCUT2D eigenvalue weighted by molar-refractivity contribution is 5.85. The van der Waals surface area contributed by atoms with Gasteiger partial charge in [-0.25, -0.2) is 0 Å². The van der Waals surface area contributed by atoms with Gasteiger partial charge in [0.1, 0.15) is 0 Å². The molecule has 0 aliphatic rings. The van der Waals surface area contributed by atoms with Gasteiger partial charge in [-0.15, -0.1) is 12.4 Å². The van der Waals surface area contributed by atoms with Crippen LogP contribution in [0.4, 0.5) is 0 Å². The topological polar surface area (TPSA) is 12.0 Å². The maximum absolute atomic E-state index is 3.21. The van der Waals surface area contributed by atoms with Crippen LogP contribution in [0.25, 0.3) is 0 Å². The van der Waals surface area contributed by atoms with Crippen molar-refractivity contribution in [2.45, 2.75) is 34.1 Å². The first-order valence-electron chi connectivity index (χ1n) is 4.12. The Balaban J connectivity index is 0. The maximum Gasteiger partial charge on any atom is -0.0000389 e. The summed E-state index contributed by atoms with van der Waals surface area (Å²) < 4.78 is 0. The van der Waals surface area contributed by atoms with E-state index in [9.17, 15) is 0 Å². The van der Waals surface area contributed by atoms with Gasteiger partial charge in [-0.05, 0) is 31.3 Å². The fourth-order valence-corrected chi connectivity index (χ4v) is 1.66. The molecule has 2 heteroatoms. The van der Waals surface area contributed by atoms with E-state index in [-0.39, 0.29) is 12.4 Å². The Labute approximate surface area is 77.4 Å². The first kappa shape index (κ1) is 13.8. The molecule has 0 saturated carbocycles. The van der Waals surface area contributed by atoms with Gasteiger partial charge in [-0.1, -0.05) is 27.7 Å². The quantitative estimate of drug-likeness (QED) is 0.700. The van der Waals surface area contributed by atoms with E-state index in [1.54, 1.807) is 0 Å². The molecule has 0 aromatic carbocycles. The van der Waals surface area contributed by atoms with Gasteiger partial charge in [0, 0.05) is 0 Å². The SMILES string of the molecule is CNCC(C)(C)CC(C)C.Cl. The van der Waals surface area contributed by atoms with E-state index in [0.29, 0.717) is 5.41 Å². The lowest BCUT2D eigenvalue weighted by Gasteiger charge is -2.26. The zero-order chi connectivity index (χ0) is 8.20. The number of hydrogen-bond acceptors (Lipinski definition) is 1. The zero-order valence-corrected chi connectivity index (χ0v) is 9.22. The van der Waals surface area contributed by atoms with Crippen LogP contribution in [0.3, 0.4) is 0 Å².